The molecule has 1 aliphatic heterocycles. The molecule has 0 aliphatic carbocycles. The summed E-state index contributed by atoms with van der Waals surface area (Å²) in [6.45, 7) is 2.55. The van der Waals surface area contributed by atoms with Crippen molar-refractivity contribution >= 4 is 22.4 Å². The maximum absolute atomic E-state index is 12.8. The van der Waals surface area contributed by atoms with Crippen molar-refractivity contribution in [2.45, 2.75) is 19.4 Å². The van der Waals surface area contributed by atoms with Gasteiger partial charge in [-0.05, 0) is 36.4 Å². The molecule has 3 nitrogen and oxygen atoms in total. The maximum Gasteiger partial charge on any atom is 0.267 e. The van der Waals surface area contributed by atoms with Crippen molar-refractivity contribution in [2.75, 3.05) is 11.4 Å². The SMILES string of the molecule is CC(Oc1cccc2ccccc12)C(=O)N1CCc2ccccc21. The topological polar surface area (TPSA) is 29.5 Å². The van der Waals surface area contributed by atoms with Crippen LogP contribution >= 0.6 is 0 Å². The van der Waals surface area contributed by atoms with Gasteiger partial charge in [-0.1, -0.05) is 54.6 Å². The van der Waals surface area contributed by atoms with E-state index < -0.39 is 6.10 Å². The highest BCUT2D eigenvalue weighted by molar-refractivity contribution is 5.98. The number of rotatable bonds is 3. The first-order chi connectivity index (χ1) is 11.7. The Morgan fingerprint density at radius 1 is 1.00 bits per heavy atom. The van der Waals surface area contributed by atoms with Gasteiger partial charge in [-0.25, -0.2) is 0 Å². The first kappa shape index (κ1) is 14.8. The lowest BCUT2D eigenvalue weighted by Gasteiger charge is -2.23. The molecule has 1 atom stereocenters. The molecule has 1 aliphatic rings. The predicted molar refractivity (Wildman–Crippen MR) is 96.5 cm³/mol. The molecule has 24 heavy (non-hydrogen) atoms. The third kappa shape index (κ3) is 2.52. The quantitative estimate of drug-likeness (QED) is 0.724. The molecule has 0 spiro atoms. The van der Waals surface area contributed by atoms with Gasteiger partial charge in [0.15, 0.2) is 6.10 Å². The molecule has 3 aromatic rings. The molecule has 0 saturated carbocycles. The van der Waals surface area contributed by atoms with E-state index in [4.69, 9.17) is 4.74 Å². The molecule has 0 fully saturated rings. The summed E-state index contributed by atoms with van der Waals surface area (Å²) in [4.78, 5) is 14.7. The summed E-state index contributed by atoms with van der Waals surface area (Å²) >= 11 is 0. The van der Waals surface area contributed by atoms with Gasteiger partial charge in [0, 0.05) is 17.6 Å². The minimum atomic E-state index is -0.526. The Balaban J connectivity index is 1.58. The zero-order valence-corrected chi connectivity index (χ0v) is 13.6. The van der Waals surface area contributed by atoms with E-state index in [2.05, 4.69) is 6.07 Å². The van der Waals surface area contributed by atoms with Crippen molar-refractivity contribution < 1.29 is 9.53 Å². The van der Waals surface area contributed by atoms with Crippen molar-refractivity contribution in [3.05, 3.63) is 72.3 Å². The minimum absolute atomic E-state index is 0.00730. The fourth-order valence-corrected chi connectivity index (χ4v) is 3.33. The summed E-state index contributed by atoms with van der Waals surface area (Å²) in [6.07, 6.45) is 0.380. The number of amides is 1. The number of hydrogen-bond donors (Lipinski definition) is 0. The molecular weight excluding hydrogens is 298 g/mol. The van der Waals surface area contributed by atoms with Crippen molar-refractivity contribution in [3.63, 3.8) is 0 Å². The first-order valence-electron chi connectivity index (χ1n) is 8.28. The Morgan fingerprint density at radius 2 is 1.75 bits per heavy atom. The second kappa shape index (κ2) is 6.00. The second-order valence-electron chi connectivity index (χ2n) is 6.11. The van der Waals surface area contributed by atoms with E-state index in [1.54, 1.807) is 0 Å². The van der Waals surface area contributed by atoms with Crippen LogP contribution in [0.15, 0.2) is 66.7 Å². The van der Waals surface area contributed by atoms with Crippen LogP contribution in [0.3, 0.4) is 0 Å². The van der Waals surface area contributed by atoms with E-state index in [0.29, 0.717) is 0 Å². The van der Waals surface area contributed by atoms with Gasteiger partial charge in [-0.15, -0.1) is 0 Å². The van der Waals surface area contributed by atoms with Gasteiger partial charge in [-0.2, -0.15) is 0 Å². The second-order valence-corrected chi connectivity index (χ2v) is 6.11. The third-order valence-corrected chi connectivity index (χ3v) is 4.55. The molecule has 0 saturated heterocycles. The third-order valence-electron chi connectivity index (χ3n) is 4.55. The summed E-state index contributed by atoms with van der Waals surface area (Å²) in [5.41, 5.74) is 2.24. The lowest BCUT2D eigenvalue weighted by atomic mass is 10.1. The van der Waals surface area contributed by atoms with Crippen LogP contribution in [-0.2, 0) is 11.2 Å². The Morgan fingerprint density at radius 3 is 2.67 bits per heavy atom. The summed E-state index contributed by atoms with van der Waals surface area (Å²) in [6, 6.07) is 22.1. The fourth-order valence-electron chi connectivity index (χ4n) is 3.33. The van der Waals surface area contributed by atoms with Crippen LogP contribution in [0.4, 0.5) is 5.69 Å². The number of nitrogens with zero attached hydrogens (tertiary/aromatic N) is 1. The highest BCUT2D eigenvalue weighted by Crippen LogP contribution is 2.30. The van der Waals surface area contributed by atoms with Gasteiger partial charge in [-0.3, -0.25) is 4.79 Å². The number of ether oxygens (including phenoxy) is 1. The average molecular weight is 317 g/mol. The lowest BCUT2D eigenvalue weighted by Crippen LogP contribution is -2.39. The van der Waals surface area contributed by atoms with Gasteiger partial charge in [0.25, 0.3) is 5.91 Å². The molecule has 1 heterocycles. The zero-order valence-electron chi connectivity index (χ0n) is 13.6. The Kier molecular flexibility index (Phi) is 3.69. The van der Waals surface area contributed by atoms with Gasteiger partial charge < -0.3 is 9.64 Å². The Bertz CT molecular complexity index is 898. The largest absolute Gasteiger partial charge is 0.480 e. The number of fused-ring (bicyclic) bond motifs is 2. The van der Waals surface area contributed by atoms with E-state index in [1.165, 1.54) is 5.56 Å². The molecule has 1 amide bonds. The number of hydrogen-bond acceptors (Lipinski definition) is 2. The average Bonchev–Trinajstić information content (AvgIpc) is 3.05. The predicted octanol–water partition coefficient (Wildman–Crippen LogP) is 4.20. The van der Waals surface area contributed by atoms with Gasteiger partial charge >= 0.3 is 0 Å². The summed E-state index contributed by atoms with van der Waals surface area (Å²) in [7, 11) is 0. The molecule has 0 radical (unpaired) electrons. The van der Waals surface area contributed by atoms with Crippen LogP contribution in [0.5, 0.6) is 5.75 Å². The van der Waals surface area contributed by atoms with E-state index in [1.807, 2.05) is 72.5 Å². The number of benzene rings is 3. The van der Waals surface area contributed by atoms with Gasteiger partial charge in [0.1, 0.15) is 5.75 Å². The molecule has 120 valence electrons. The first-order valence-corrected chi connectivity index (χ1v) is 8.28. The molecule has 0 aromatic heterocycles. The molecule has 4 rings (SSSR count). The molecule has 0 N–H and O–H groups in total. The number of anilines is 1. The standard InChI is InChI=1S/C21H19NO2/c1-15(21(23)22-14-13-17-8-3-5-11-19(17)22)24-20-12-6-9-16-7-2-4-10-18(16)20/h2-12,15H,13-14H2,1H3. The van der Waals surface area contributed by atoms with Crippen LogP contribution < -0.4 is 9.64 Å². The Labute approximate surface area is 141 Å². The van der Waals surface area contributed by atoms with Crippen LogP contribution in [0, 0.1) is 0 Å². The van der Waals surface area contributed by atoms with Crippen molar-refractivity contribution in [1.82, 2.24) is 0 Å². The molecular formula is C21H19NO2. The normalized spacial score (nSPS) is 14.5. The van der Waals surface area contributed by atoms with Crippen LogP contribution in [-0.4, -0.2) is 18.6 Å². The fraction of sp³-hybridized carbons (Fsp3) is 0.190. The highest BCUT2D eigenvalue weighted by Gasteiger charge is 2.28. The van der Waals surface area contributed by atoms with Crippen molar-refractivity contribution in [3.8, 4) is 5.75 Å². The Hall–Kier alpha value is -2.81. The highest BCUT2D eigenvalue weighted by atomic mass is 16.5. The zero-order chi connectivity index (χ0) is 16.5. The van der Waals surface area contributed by atoms with E-state index in [0.717, 1.165) is 35.2 Å². The number of para-hydroxylation sites is 1. The van der Waals surface area contributed by atoms with E-state index >= 15 is 0 Å². The molecule has 1 unspecified atom stereocenters. The smallest absolute Gasteiger partial charge is 0.267 e. The molecule has 3 aromatic carbocycles. The van der Waals surface area contributed by atoms with Crippen molar-refractivity contribution in [1.29, 1.82) is 0 Å². The van der Waals surface area contributed by atoms with E-state index in [-0.39, 0.29) is 5.91 Å². The summed E-state index contributed by atoms with van der Waals surface area (Å²) in [5.74, 6) is 0.759. The number of carbonyl (C=O) groups is 1. The molecule has 0 bridgehead atoms. The lowest BCUT2D eigenvalue weighted by molar-refractivity contribution is -0.124. The van der Waals surface area contributed by atoms with Crippen molar-refractivity contribution in [2.24, 2.45) is 0 Å². The van der Waals surface area contributed by atoms with Crippen LogP contribution in [0.25, 0.3) is 10.8 Å². The maximum atomic E-state index is 12.8. The monoisotopic (exact) mass is 317 g/mol. The van der Waals surface area contributed by atoms with Crippen LogP contribution in [0.1, 0.15) is 12.5 Å². The summed E-state index contributed by atoms with van der Waals surface area (Å²) < 4.78 is 6.03. The van der Waals surface area contributed by atoms with Crippen LogP contribution in [0.2, 0.25) is 0 Å². The van der Waals surface area contributed by atoms with Gasteiger partial charge in [0.2, 0.25) is 0 Å². The molecule has 3 heteroatoms. The summed E-state index contributed by atoms with van der Waals surface area (Å²) in [5, 5.41) is 2.14. The van der Waals surface area contributed by atoms with Gasteiger partial charge in [0.05, 0.1) is 0 Å². The van der Waals surface area contributed by atoms with E-state index in [9.17, 15) is 4.79 Å². The number of carbonyl (C=O) groups excluding carboxylic acids is 1. The minimum Gasteiger partial charge on any atom is -0.480 e.